The van der Waals surface area contributed by atoms with Crippen LogP contribution in [-0.2, 0) is 0 Å². The van der Waals surface area contributed by atoms with Gasteiger partial charge in [0.2, 0.25) is 0 Å². The van der Waals surface area contributed by atoms with Crippen molar-refractivity contribution in [1.82, 2.24) is 4.98 Å². The molecule has 1 aromatic heterocycles. The molecule has 0 radical (unpaired) electrons. The fourth-order valence-corrected chi connectivity index (χ4v) is 3.23. The van der Waals surface area contributed by atoms with Crippen LogP contribution in [-0.4, -0.2) is 30.4 Å². The van der Waals surface area contributed by atoms with E-state index in [0.29, 0.717) is 18.0 Å². The van der Waals surface area contributed by atoms with Gasteiger partial charge in [-0.25, -0.2) is 4.98 Å². The molecule has 0 aliphatic carbocycles. The van der Waals surface area contributed by atoms with Crippen LogP contribution in [0.5, 0.6) is 5.75 Å². The van der Waals surface area contributed by atoms with Crippen LogP contribution in [0.4, 0.5) is 0 Å². The highest BCUT2D eigenvalue weighted by Gasteiger charge is 2.33. The third kappa shape index (κ3) is 10.3. The zero-order valence-corrected chi connectivity index (χ0v) is 21.4. The molecule has 0 unspecified atom stereocenters. The first kappa shape index (κ1) is 26.3. The Morgan fingerprint density at radius 3 is 2.07 bits per heavy atom. The summed E-state index contributed by atoms with van der Waals surface area (Å²) in [5.74, 6) is 9.84. The fourth-order valence-electron chi connectivity index (χ4n) is 2.41. The van der Waals surface area contributed by atoms with E-state index in [4.69, 9.17) is 4.74 Å². The molecule has 0 saturated carbocycles. The van der Waals surface area contributed by atoms with Gasteiger partial charge in [0.05, 0.1) is 6.61 Å². The van der Waals surface area contributed by atoms with Gasteiger partial charge in [-0.3, -0.25) is 0 Å². The Morgan fingerprint density at radius 2 is 1.50 bits per heavy atom. The lowest BCUT2D eigenvalue weighted by Gasteiger charge is -2.31. The largest absolute Gasteiger partial charge is 0.493 e. The highest BCUT2D eigenvalue weighted by Crippen LogP contribution is 2.35. The molecule has 30 heavy (non-hydrogen) atoms. The molecule has 166 valence electrons. The lowest BCUT2D eigenvalue weighted by molar-refractivity contribution is 0.143. The molecule has 0 spiro atoms. The summed E-state index contributed by atoms with van der Waals surface area (Å²) in [6.07, 6.45) is 7.37. The minimum absolute atomic E-state index is 0.190. The number of ether oxygens (including phenoxy) is 1. The lowest BCUT2D eigenvalue weighted by Crippen LogP contribution is -2.35. The number of rotatable bonds is 8. The molecule has 1 heterocycles. The lowest BCUT2D eigenvalue weighted by atomic mass is 10.1. The maximum Gasteiger partial charge on any atom is 0.138 e. The van der Waals surface area contributed by atoms with Gasteiger partial charge in [-0.15, -0.1) is 5.54 Å². The van der Waals surface area contributed by atoms with Crippen LogP contribution in [0.1, 0.15) is 91.5 Å². The summed E-state index contributed by atoms with van der Waals surface area (Å²) >= 11 is 0. The van der Waals surface area contributed by atoms with Gasteiger partial charge >= 0.3 is 0 Å². The zero-order valence-electron chi connectivity index (χ0n) is 20.4. The normalized spacial score (nSPS) is 11.9. The first-order valence-electron chi connectivity index (χ1n) is 11.3. The van der Waals surface area contributed by atoms with Crippen molar-refractivity contribution in [2.45, 2.75) is 104 Å². The number of pyridine rings is 1. The molecule has 0 fully saturated rings. The first-order valence-corrected chi connectivity index (χ1v) is 14.3. The van der Waals surface area contributed by atoms with Crippen LogP contribution < -0.4 is 4.74 Å². The van der Waals surface area contributed by atoms with Gasteiger partial charge in [0.1, 0.15) is 30.8 Å². The predicted molar refractivity (Wildman–Crippen MR) is 130 cm³/mol. The number of aromatic nitrogens is 1. The molecule has 0 atom stereocenters. The molecule has 0 amide bonds. The predicted octanol–water partition coefficient (Wildman–Crippen LogP) is 6.34. The smallest absolute Gasteiger partial charge is 0.138 e. The second kappa shape index (κ2) is 11.6. The van der Waals surface area contributed by atoms with E-state index in [1.165, 1.54) is 32.1 Å². The van der Waals surface area contributed by atoms with E-state index in [2.05, 4.69) is 69.1 Å². The number of hydrogen-bond acceptors (Lipinski definition) is 3. The molecule has 0 aliphatic heterocycles. The molecule has 0 aromatic carbocycles. The van der Waals surface area contributed by atoms with Crippen LogP contribution in [0, 0.1) is 23.3 Å². The van der Waals surface area contributed by atoms with E-state index in [1.807, 2.05) is 12.1 Å². The van der Waals surface area contributed by atoms with Crippen LogP contribution >= 0.6 is 0 Å². The molecule has 4 heteroatoms. The highest BCUT2D eigenvalue weighted by atomic mass is 28.3. The maximum absolute atomic E-state index is 9.92. The SMILES string of the molecule is CCCCCCCCOc1cc(C#CC(C)(C)O)nc(C#C[Si](C)(C)C(C)(C)C)c1. The number of nitrogens with zero attached hydrogens (tertiary/aromatic N) is 1. The Balaban J connectivity index is 3.00. The van der Waals surface area contributed by atoms with Crippen LogP contribution in [0.2, 0.25) is 18.1 Å². The fraction of sp³-hybridized carbons (Fsp3) is 0.654. The second-order valence-corrected chi connectivity index (χ2v) is 15.1. The summed E-state index contributed by atoms with van der Waals surface area (Å²) in [5.41, 5.74) is 3.71. The molecule has 1 aromatic rings. The monoisotopic (exact) mass is 427 g/mol. The minimum atomic E-state index is -1.74. The maximum atomic E-state index is 9.92. The van der Waals surface area contributed by atoms with E-state index < -0.39 is 13.7 Å². The molecular formula is C26H41NO2Si. The van der Waals surface area contributed by atoms with Gasteiger partial charge in [0, 0.05) is 12.1 Å². The van der Waals surface area contributed by atoms with Crippen molar-refractivity contribution in [1.29, 1.82) is 0 Å². The van der Waals surface area contributed by atoms with Crippen LogP contribution in [0.25, 0.3) is 0 Å². The van der Waals surface area contributed by atoms with E-state index in [1.54, 1.807) is 13.8 Å². The average molecular weight is 428 g/mol. The number of unbranched alkanes of at least 4 members (excludes halogenated alkanes) is 5. The Labute approximate surface area is 186 Å². The van der Waals surface area contributed by atoms with Crippen LogP contribution in [0.15, 0.2) is 12.1 Å². The molecule has 0 saturated heterocycles. The van der Waals surface area contributed by atoms with Crippen molar-refractivity contribution in [2.75, 3.05) is 6.61 Å². The quantitative estimate of drug-likeness (QED) is 0.299. The Kier molecular flexibility index (Phi) is 10.2. The van der Waals surface area contributed by atoms with Crippen molar-refractivity contribution >= 4 is 8.07 Å². The van der Waals surface area contributed by atoms with Gasteiger partial charge in [0.25, 0.3) is 0 Å². The average Bonchev–Trinajstić information content (AvgIpc) is 2.62. The topological polar surface area (TPSA) is 42.4 Å². The van der Waals surface area contributed by atoms with Gasteiger partial charge in [-0.05, 0) is 31.2 Å². The second-order valence-electron chi connectivity index (χ2n) is 10.1. The first-order chi connectivity index (χ1) is 13.8. The molecule has 0 aliphatic rings. The summed E-state index contributed by atoms with van der Waals surface area (Å²) in [6.45, 7) is 17.6. The van der Waals surface area contributed by atoms with Crippen molar-refractivity contribution in [3.8, 4) is 29.1 Å². The van der Waals surface area contributed by atoms with Crippen molar-refractivity contribution in [3.63, 3.8) is 0 Å². The highest BCUT2D eigenvalue weighted by molar-refractivity contribution is 6.87. The number of aliphatic hydroxyl groups is 1. The summed E-state index contributed by atoms with van der Waals surface area (Å²) in [7, 11) is -1.74. The summed E-state index contributed by atoms with van der Waals surface area (Å²) in [4.78, 5) is 4.58. The summed E-state index contributed by atoms with van der Waals surface area (Å²) < 4.78 is 6.00. The molecule has 3 nitrogen and oxygen atoms in total. The Hall–Kier alpha value is -1.75. The third-order valence-corrected chi connectivity index (χ3v) is 9.94. The van der Waals surface area contributed by atoms with Crippen molar-refractivity contribution in [2.24, 2.45) is 0 Å². The Bertz CT molecular complexity index is 793. The van der Waals surface area contributed by atoms with E-state index >= 15 is 0 Å². The third-order valence-electron chi connectivity index (χ3n) is 5.44. The van der Waals surface area contributed by atoms with Crippen LogP contribution in [0.3, 0.4) is 0 Å². The van der Waals surface area contributed by atoms with Crippen molar-refractivity contribution < 1.29 is 9.84 Å². The molecular weight excluding hydrogens is 386 g/mol. The molecule has 0 bridgehead atoms. The van der Waals surface area contributed by atoms with Gasteiger partial charge in [-0.1, -0.05) is 84.7 Å². The van der Waals surface area contributed by atoms with Gasteiger partial charge in [-0.2, -0.15) is 0 Å². The van der Waals surface area contributed by atoms with E-state index in [9.17, 15) is 5.11 Å². The molecule has 1 rings (SSSR count). The van der Waals surface area contributed by atoms with E-state index in [-0.39, 0.29) is 5.04 Å². The summed E-state index contributed by atoms with van der Waals surface area (Å²) in [5, 5.41) is 10.1. The molecule has 1 N–H and O–H groups in total. The van der Waals surface area contributed by atoms with Gasteiger partial charge < -0.3 is 9.84 Å². The summed E-state index contributed by atoms with van der Waals surface area (Å²) in [6, 6.07) is 3.75. The minimum Gasteiger partial charge on any atom is -0.493 e. The van der Waals surface area contributed by atoms with Crippen molar-refractivity contribution in [3.05, 3.63) is 23.5 Å². The number of hydrogen-bond donors (Lipinski definition) is 1. The zero-order chi connectivity index (χ0) is 22.8. The standard InChI is InChI=1S/C26H41NO2Si/c1-9-10-11-12-13-14-18-29-24-20-22(15-17-26(5,6)28)27-23(21-24)16-19-30(7,8)25(2,3)4/h20-21,28H,9-14,18H2,1-8H3. The Morgan fingerprint density at radius 1 is 0.933 bits per heavy atom. The van der Waals surface area contributed by atoms with E-state index in [0.717, 1.165) is 12.2 Å². The van der Waals surface area contributed by atoms with Gasteiger partial charge in [0.15, 0.2) is 0 Å².